The summed E-state index contributed by atoms with van der Waals surface area (Å²) in [6.07, 6.45) is 1.33. The zero-order chi connectivity index (χ0) is 16.5. The molecule has 0 saturated carbocycles. The first kappa shape index (κ1) is 15.0. The average Bonchev–Trinajstić information content (AvgIpc) is 3.09. The number of anilines is 2. The highest BCUT2D eigenvalue weighted by Crippen LogP contribution is 2.35. The van der Waals surface area contributed by atoms with E-state index in [1.807, 2.05) is 43.3 Å². The predicted molar refractivity (Wildman–Crippen MR) is 96.2 cm³/mol. The van der Waals surface area contributed by atoms with Crippen molar-refractivity contribution in [1.82, 2.24) is 9.97 Å². The number of para-hydroxylation sites is 1. The number of carbonyl (C=O) groups is 1. The van der Waals surface area contributed by atoms with Gasteiger partial charge < -0.3 is 5.32 Å². The number of aromatic nitrogens is 2. The van der Waals surface area contributed by atoms with Gasteiger partial charge in [-0.15, -0.1) is 11.3 Å². The Labute approximate surface area is 144 Å². The topological polar surface area (TPSA) is 54.9 Å². The van der Waals surface area contributed by atoms with E-state index in [9.17, 15) is 4.79 Å². The number of thiophene rings is 1. The van der Waals surface area contributed by atoms with Crippen LogP contribution in [0.15, 0.2) is 47.8 Å². The second-order valence-electron chi connectivity index (χ2n) is 5.99. The van der Waals surface area contributed by atoms with Gasteiger partial charge in [-0.05, 0) is 36.9 Å². The van der Waals surface area contributed by atoms with Crippen molar-refractivity contribution in [2.24, 2.45) is 0 Å². The van der Waals surface area contributed by atoms with Crippen molar-refractivity contribution < 1.29 is 4.79 Å². The number of carbonyl (C=O) groups excluding carboxylic acids is 1. The molecule has 0 aliphatic heterocycles. The Morgan fingerprint density at radius 3 is 2.67 bits per heavy atom. The van der Waals surface area contributed by atoms with Gasteiger partial charge in [-0.1, -0.05) is 24.3 Å². The van der Waals surface area contributed by atoms with Gasteiger partial charge in [-0.25, -0.2) is 9.97 Å². The highest BCUT2D eigenvalue weighted by atomic mass is 32.1. The van der Waals surface area contributed by atoms with E-state index in [-0.39, 0.29) is 11.7 Å². The van der Waals surface area contributed by atoms with E-state index in [0.717, 1.165) is 23.5 Å². The van der Waals surface area contributed by atoms with Crippen molar-refractivity contribution in [3.63, 3.8) is 0 Å². The van der Waals surface area contributed by atoms with Gasteiger partial charge in [0.1, 0.15) is 0 Å². The summed E-state index contributed by atoms with van der Waals surface area (Å²) >= 11 is 1.71. The van der Waals surface area contributed by atoms with E-state index in [4.69, 9.17) is 0 Å². The molecule has 2 aromatic heterocycles. The fourth-order valence-electron chi connectivity index (χ4n) is 3.21. The van der Waals surface area contributed by atoms with Gasteiger partial charge in [0, 0.05) is 22.9 Å². The number of fused-ring (bicyclic) bond motifs is 1. The Kier molecular flexibility index (Phi) is 3.86. The van der Waals surface area contributed by atoms with E-state index in [0.29, 0.717) is 17.9 Å². The molecule has 0 bridgehead atoms. The van der Waals surface area contributed by atoms with Gasteiger partial charge in [0.05, 0.1) is 17.0 Å². The number of nitrogens with one attached hydrogen (secondary N) is 1. The standard InChI is InChI=1S/C19H17N3OS/c1-12-18-15(10-13(11-16(18)23)17-8-5-9-24-17)22-19(20-12)21-14-6-3-2-4-7-14/h2-9,13H,10-11H2,1H3,(H,20,21,22). The summed E-state index contributed by atoms with van der Waals surface area (Å²) in [5.41, 5.74) is 3.26. The molecule has 120 valence electrons. The van der Waals surface area contributed by atoms with Crippen molar-refractivity contribution >= 4 is 28.8 Å². The van der Waals surface area contributed by atoms with Crippen LogP contribution in [0.3, 0.4) is 0 Å². The number of ketones is 1. The largest absolute Gasteiger partial charge is 0.324 e. The lowest BCUT2D eigenvalue weighted by Crippen LogP contribution is -2.22. The number of hydrogen-bond donors (Lipinski definition) is 1. The first-order valence-corrected chi connectivity index (χ1v) is 8.85. The van der Waals surface area contributed by atoms with Crippen LogP contribution < -0.4 is 5.32 Å². The van der Waals surface area contributed by atoms with E-state index in [1.54, 1.807) is 11.3 Å². The van der Waals surface area contributed by atoms with E-state index >= 15 is 0 Å². The van der Waals surface area contributed by atoms with Crippen LogP contribution in [-0.2, 0) is 6.42 Å². The zero-order valence-corrected chi connectivity index (χ0v) is 14.1. The lowest BCUT2D eigenvalue weighted by molar-refractivity contribution is 0.0962. The third-order valence-electron chi connectivity index (χ3n) is 4.29. The molecule has 2 heterocycles. The first-order chi connectivity index (χ1) is 11.7. The van der Waals surface area contributed by atoms with Crippen molar-refractivity contribution in [3.05, 3.63) is 69.7 Å². The molecule has 0 spiro atoms. The fourth-order valence-corrected chi connectivity index (χ4v) is 4.04. The van der Waals surface area contributed by atoms with Crippen LogP contribution in [0.5, 0.6) is 0 Å². The van der Waals surface area contributed by atoms with Crippen molar-refractivity contribution in [2.75, 3.05) is 5.32 Å². The van der Waals surface area contributed by atoms with Crippen LogP contribution in [0.1, 0.15) is 39.0 Å². The van der Waals surface area contributed by atoms with Gasteiger partial charge in [0.2, 0.25) is 5.95 Å². The summed E-state index contributed by atoms with van der Waals surface area (Å²) in [6, 6.07) is 14.0. The molecule has 1 N–H and O–H groups in total. The summed E-state index contributed by atoms with van der Waals surface area (Å²) < 4.78 is 0. The number of benzene rings is 1. The van der Waals surface area contributed by atoms with Gasteiger partial charge in [0.25, 0.3) is 0 Å². The number of nitrogens with zero attached hydrogens (tertiary/aromatic N) is 2. The van der Waals surface area contributed by atoms with Crippen LogP contribution in [0.2, 0.25) is 0 Å². The summed E-state index contributed by atoms with van der Waals surface area (Å²) in [5.74, 6) is 0.930. The van der Waals surface area contributed by atoms with Crippen molar-refractivity contribution in [2.45, 2.75) is 25.7 Å². The lowest BCUT2D eigenvalue weighted by Gasteiger charge is -2.23. The summed E-state index contributed by atoms with van der Waals surface area (Å²) in [7, 11) is 0. The molecule has 1 unspecified atom stereocenters. The van der Waals surface area contributed by atoms with Crippen molar-refractivity contribution in [3.8, 4) is 0 Å². The molecule has 5 heteroatoms. The molecule has 1 aliphatic rings. The minimum Gasteiger partial charge on any atom is -0.324 e. The molecule has 1 aliphatic carbocycles. The third kappa shape index (κ3) is 2.83. The maximum Gasteiger partial charge on any atom is 0.227 e. The van der Waals surface area contributed by atoms with E-state index in [2.05, 4.69) is 26.7 Å². The predicted octanol–water partition coefficient (Wildman–Crippen LogP) is 4.50. The fraction of sp³-hybridized carbons (Fsp3) is 0.211. The van der Waals surface area contributed by atoms with Crippen LogP contribution in [0.25, 0.3) is 0 Å². The second kappa shape index (κ2) is 6.17. The quantitative estimate of drug-likeness (QED) is 0.765. The second-order valence-corrected chi connectivity index (χ2v) is 6.97. The molecule has 3 aromatic rings. The molecule has 0 amide bonds. The molecule has 0 saturated heterocycles. The molecule has 0 fully saturated rings. The SMILES string of the molecule is Cc1nc(Nc2ccccc2)nc2c1C(=O)CC(c1cccs1)C2. The Bertz CT molecular complexity index is 875. The molecular formula is C19H17N3OS. The Morgan fingerprint density at radius 2 is 1.92 bits per heavy atom. The van der Waals surface area contributed by atoms with E-state index < -0.39 is 0 Å². The normalized spacial score (nSPS) is 16.7. The smallest absolute Gasteiger partial charge is 0.227 e. The molecule has 4 rings (SSSR count). The molecule has 4 nitrogen and oxygen atoms in total. The Morgan fingerprint density at radius 1 is 1.08 bits per heavy atom. The lowest BCUT2D eigenvalue weighted by atomic mass is 9.84. The minimum atomic E-state index is 0.151. The van der Waals surface area contributed by atoms with Gasteiger partial charge >= 0.3 is 0 Å². The Hall–Kier alpha value is -2.53. The number of hydrogen-bond acceptors (Lipinski definition) is 5. The van der Waals surface area contributed by atoms with Gasteiger partial charge in [0.15, 0.2) is 5.78 Å². The summed E-state index contributed by atoms with van der Waals surface area (Å²) in [5, 5.41) is 5.29. The average molecular weight is 335 g/mol. The van der Waals surface area contributed by atoms with Crippen LogP contribution in [-0.4, -0.2) is 15.8 Å². The maximum atomic E-state index is 12.6. The van der Waals surface area contributed by atoms with Crippen LogP contribution >= 0.6 is 11.3 Å². The van der Waals surface area contributed by atoms with Gasteiger partial charge in [-0.3, -0.25) is 4.79 Å². The molecule has 24 heavy (non-hydrogen) atoms. The number of rotatable bonds is 3. The summed E-state index contributed by atoms with van der Waals surface area (Å²) in [4.78, 5) is 23.0. The maximum absolute atomic E-state index is 12.6. The van der Waals surface area contributed by atoms with Gasteiger partial charge in [-0.2, -0.15) is 0 Å². The molecule has 1 aromatic carbocycles. The molecule has 0 radical (unpaired) electrons. The zero-order valence-electron chi connectivity index (χ0n) is 13.3. The van der Waals surface area contributed by atoms with Crippen LogP contribution in [0, 0.1) is 6.92 Å². The van der Waals surface area contributed by atoms with Crippen LogP contribution in [0.4, 0.5) is 11.6 Å². The minimum absolute atomic E-state index is 0.151. The summed E-state index contributed by atoms with van der Waals surface area (Å²) in [6.45, 7) is 1.89. The number of aryl methyl sites for hydroxylation is 1. The molecular weight excluding hydrogens is 318 g/mol. The first-order valence-electron chi connectivity index (χ1n) is 7.97. The molecule has 1 atom stereocenters. The van der Waals surface area contributed by atoms with E-state index in [1.165, 1.54) is 4.88 Å². The third-order valence-corrected chi connectivity index (χ3v) is 5.33. The monoisotopic (exact) mass is 335 g/mol. The Balaban J connectivity index is 1.68. The highest BCUT2D eigenvalue weighted by Gasteiger charge is 2.30. The van der Waals surface area contributed by atoms with Crippen molar-refractivity contribution in [1.29, 1.82) is 0 Å². The highest BCUT2D eigenvalue weighted by molar-refractivity contribution is 7.10. The number of Topliss-reactive ketones (excluding diaryl/α,β-unsaturated/α-hetero) is 1.